The highest BCUT2D eigenvalue weighted by molar-refractivity contribution is 7.80. The largest absolute Gasteiger partial charge is 0.359 e. The minimum atomic E-state index is 0.735. The lowest BCUT2D eigenvalue weighted by molar-refractivity contribution is 0.378. The van der Waals surface area contributed by atoms with E-state index in [9.17, 15) is 0 Å². The number of aromatic nitrogens is 2. The van der Waals surface area contributed by atoms with Crippen LogP contribution in [0.3, 0.4) is 0 Å². The van der Waals surface area contributed by atoms with E-state index in [1.165, 1.54) is 0 Å². The van der Waals surface area contributed by atoms with Crippen molar-refractivity contribution in [2.24, 2.45) is 0 Å². The van der Waals surface area contributed by atoms with E-state index in [-0.39, 0.29) is 0 Å². The van der Waals surface area contributed by atoms with Gasteiger partial charge < -0.3 is 15.1 Å². The average Bonchev–Trinajstić information content (AvgIpc) is 2.44. The Hall–Kier alpha value is -1.69. The Bertz CT molecular complexity index is 515. The fraction of sp³-hybridized carbons (Fsp3) is 0.533. The summed E-state index contributed by atoms with van der Waals surface area (Å²) in [6.45, 7) is 14.2. The number of piperazine rings is 1. The smallest absolute Gasteiger partial charge is 0.225 e. The molecule has 1 N–H and O–H groups in total. The number of hydrogen-bond donors (Lipinski definition) is 1. The van der Waals surface area contributed by atoms with Crippen LogP contribution in [-0.4, -0.2) is 52.7 Å². The van der Waals surface area contributed by atoms with E-state index in [0.29, 0.717) is 0 Å². The van der Waals surface area contributed by atoms with E-state index in [1.54, 1.807) is 0 Å². The molecule has 0 radical (unpaired) electrons. The molecule has 5 nitrogen and oxygen atoms in total. The van der Waals surface area contributed by atoms with Gasteiger partial charge in [0.1, 0.15) is 0 Å². The minimum absolute atomic E-state index is 0.735. The van der Waals surface area contributed by atoms with Crippen molar-refractivity contribution >= 4 is 23.3 Å². The topological polar surface area (TPSA) is 44.3 Å². The monoisotopic (exact) mass is 305 g/mol. The van der Waals surface area contributed by atoms with Gasteiger partial charge in [-0.2, -0.15) is 0 Å². The fourth-order valence-corrected chi connectivity index (χ4v) is 2.55. The molecule has 0 atom stereocenters. The van der Waals surface area contributed by atoms with E-state index >= 15 is 0 Å². The van der Waals surface area contributed by atoms with Gasteiger partial charge >= 0.3 is 0 Å². The van der Waals surface area contributed by atoms with Crippen LogP contribution in [0, 0.1) is 13.8 Å². The Labute approximate surface area is 132 Å². The minimum Gasteiger partial charge on any atom is -0.359 e. The van der Waals surface area contributed by atoms with Gasteiger partial charge in [0.25, 0.3) is 0 Å². The van der Waals surface area contributed by atoms with Crippen LogP contribution < -0.4 is 10.2 Å². The normalized spacial score (nSPS) is 15.0. The molecular formula is C15H23N5S. The summed E-state index contributed by atoms with van der Waals surface area (Å²) in [4.78, 5) is 13.5. The maximum absolute atomic E-state index is 5.41. The summed E-state index contributed by atoms with van der Waals surface area (Å²) in [6, 6.07) is 2.00. The second kappa shape index (κ2) is 6.85. The molecule has 1 aromatic rings. The third-order valence-electron chi connectivity index (χ3n) is 3.36. The quantitative estimate of drug-likeness (QED) is 0.677. The van der Waals surface area contributed by atoms with Crippen LogP contribution in [0.1, 0.15) is 18.3 Å². The molecule has 1 saturated heterocycles. The zero-order valence-electron chi connectivity index (χ0n) is 13.0. The molecule has 1 aliphatic heterocycles. The van der Waals surface area contributed by atoms with Crippen molar-refractivity contribution in [3.8, 4) is 0 Å². The van der Waals surface area contributed by atoms with Crippen LogP contribution in [0.15, 0.2) is 18.2 Å². The van der Waals surface area contributed by atoms with E-state index in [0.717, 1.165) is 60.7 Å². The first kappa shape index (κ1) is 15.7. The van der Waals surface area contributed by atoms with Crippen molar-refractivity contribution in [3.63, 3.8) is 0 Å². The van der Waals surface area contributed by atoms with E-state index in [4.69, 9.17) is 12.2 Å². The molecule has 0 aliphatic carbocycles. The Morgan fingerprint density at radius 2 is 1.81 bits per heavy atom. The molecule has 0 spiro atoms. The maximum Gasteiger partial charge on any atom is 0.225 e. The van der Waals surface area contributed by atoms with Crippen molar-refractivity contribution in [1.82, 2.24) is 20.2 Å². The highest BCUT2D eigenvalue weighted by atomic mass is 32.1. The number of nitrogens with zero attached hydrogens (tertiary/aromatic N) is 4. The fourth-order valence-electron chi connectivity index (χ4n) is 2.30. The Kier molecular flexibility index (Phi) is 5.12. The molecule has 1 aromatic heterocycles. The summed E-state index contributed by atoms with van der Waals surface area (Å²) in [5.74, 6) is 0.827. The molecule has 0 aromatic carbocycles. The molecular weight excluding hydrogens is 282 g/mol. The molecule has 114 valence electrons. The van der Waals surface area contributed by atoms with Crippen molar-refractivity contribution in [1.29, 1.82) is 0 Å². The van der Waals surface area contributed by atoms with Gasteiger partial charge in [-0.05, 0) is 39.1 Å². The zero-order valence-corrected chi connectivity index (χ0v) is 13.8. The number of anilines is 1. The van der Waals surface area contributed by atoms with Crippen molar-refractivity contribution < 1.29 is 0 Å². The second-order valence-corrected chi connectivity index (χ2v) is 5.93. The summed E-state index contributed by atoms with van der Waals surface area (Å²) in [5, 5.41) is 4.04. The second-order valence-electron chi connectivity index (χ2n) is 5.54. The molecule has 2 heterocycles. The summed E-state index contributed by atoms with van der Waals surface area (Å²) < 4.78 is 0. The number of hydrogen-bond acceptors (Lipinski definition) is 4. The van der Waals surface area contributed by atoms with Crippen LogP contribution in [0.25, 0.3) is 0 Å². The maximum atomic E-state index is 5.41. The van der Waals surface area contributed by atoms with Crippen molar-refractivity contribution in [2.75, 3.05) is 37.6 Å². The van der Waals surface area contributed by atoms with Crippen LogP contribution in [0.4, 0.5) is 5.95 Å². The zero-order chi connectivity index (χ0) is 15.4. The van der Waals surface area contributed by atoms with Crippen LogP contribution >= 0.6 is 12.2 Å². The number of nitrogens with one attached hydrogen (secondary N) is 1. The summed E-state index contributed by atoms with van der Waals surface area (Å²) >= 11 is 5.41. The van der Waals surface area contributed by atoms with Crippen molar-refractivity contribution in [2.45, 2.75) is 20.8 Å². The first-order valence-corrected chi connectivity index (χ1v) is 7.61. The van der Waals surface area contributed by atoms with Gasteiger partial charge in [-0.25, -0.2) is 9.97 Å². The molecule has 0 unspecified atom stereocenters. The summed E-state index contributed by atoms with van der Waals surface area (Å²) in [7, 11) is 0. The molecule has 0 saturated carbocycles. The Balaban J connectivity index is 1.90. The standard InChI is InChI=1S/C15H23N5S/c1-11(2)10-16-15(21)20-7-5-19(6-8-20)14-17-12(3)9-13(4)18-14/h9H,1,5-8,10H2,2-4H3,(H,16,21). The van der Waals surface area contributed by atoms with Gasteiger partial charge in [0.15, 0.2) is 5.11 Å². The van der Waals surface area contributed by atoms with E-state index < -0.39 is 0 Å². The van der Waals surface area contributed by atoms with Crippen LogP contribution in [-0.2, 0) is 0 Å². The van der Waals surface area contributed by atoms with E-state index in [1.807, 2.05) is 26.8 Å². The first-order chi connectivity index (χ1) is 9.95. The van der Waals surface area contributed by atoms with E-state index in [2.05, 4.69) is 31.7 Å². The van der Waals surface area contributed by atoms with Crippen LogP contribution in [0.2, 0.25) is 0 Å². The molecule has 21 heavy (non-hydrogen) atoms. The number of thiocarbonyl (C=S) groups is 1. The Morgan fingerprint density at radius 3 is 2.33 bits per heavy atom. The third kappa shape index (κ3) is 4.39. The lowest BCUT2D eigenvalue weighted by Gasteiger charge is -2.36. The molecule has 0 bridgehead atoms. The SMILES string of the molecule is C=C(C)CNC(=S)N1CCN(c2nc(C)cc(C)n2)CC1. The number of aryl methyl sites for hydroxylation is 2. The molecule has 2 rings (SSSR count). The molecule has 1 aliphatic rings. The highest BCUT2D eigenvalue weighted by Crippen LogP contribution is 2.13. The first-order valence-electron chi connectivity index (χ1n) is 7.20. The van der Waals surface area contributed by atoms with Gasteiger partial charge in [-0.3, -0.25) is 0 Å². The summed E-state index contributed by atoms with van der Waals surface area (Å²) in [5.41, 5.74) is 3.11. The summed E-state index contributed by atoms with van der Waals surface area (Å²) in [6.07, 6.45) is 0. The van der Waals surface area contributed by atoms with Gasteiger partial charge in [-0.15, -0.1) is 0 Å². The lowest BCUT2D eigenvalue weighted by atomic mass is 10.3. The van der Waals surface area contributed by atoms with Gasteiger partial charge in [0.05, 0.1) is 0 Å². The molecule has 1 fully saturated rings. The molecule has 6 heteroatoms. The van der Waals surface area contributed by atoms with Gasteiger partial charge in [-0.1, -0.05) is 12.2 Å². The Morgan fingerprint density at radius 1 is 1.24 bits per heavy atom. The third-order valence-corrected chi connectivity index (χ3v) is 3.76. The number of rotatable bonds is 3. The predicted molar refractivity (Wildman–Crippen MR) is 90.7 cm³/mol. The lowest BCUT2D eigenvalue weighted by Crippen LogP contribution is -2.52. The highest BCUT2D eigenvalue weighted by Gasteiger charge is 2.20. The molecule has 0 amide bonds. The average molecular weight is 305 g/mol. The van der Waals surface area contributed by atoms with Crippen LogP contribution in [0.5, 0.6) is 0 Å². The van der Waals surface area contributed by atoms with Gasteiger partial charge in [0, 0.05) is 44.1 Å². The van der Waals surface area contributed by atoms with Gasteiger partial charge in [0.2, 0.25) is 5.95 Å². The predicted octanol–water partition coefficient (Wildman–Crippen LogP) is 1.67. The van der Waals surface area contributed by atoms with Crippen molar-refractivity contribution in [3.05, 3.63) is 29.6 Å².